The van der Waals surface area contributed by atoms with Gasteiger partial charge in [-0.05, 0) is 26.0 Å². The van der Waals surface area contributed by atoms with E-state index in [-0.39, 0.29) is 17.1 Å². The van der Waals surface area contributed by atoms with E-state index in [1.165, 1.54) is 13.8 Å². The van der Waals surface area contributed by atoms with Gasteiger partial charge in [-0.15, -0.1) is 0 Å². The van der Waals surface area contributed by atoms with Crippen molar-refractivity contribution in [3.63, 3.8) is 0 Å². The quantitative estimate of drug-likeness (QED) is 0.440. The Labute approximate surface area is 95.4 Å². The van der Waals surface area contributed by atoms with Crippen LogP contribution >= 0.6 is 0 Å². The summed E-state index contributed by atoms with van der Waals surface area (Å²) in [6.45, 7) is 2.79. The lowest BCUT2D eigenvalue weighted by Gasteiger charge is -2.15. The van der Waals surface area contributed by atoms with E-state index in [0.29, 0.717) is 0 Å². The van der Waals surface area contributed by atoms with Gasteiger partial charge in [0.2, 0.25) is 0 Å². The predicted molar refractivity (Wildman–Crippen MR) is 64.3 cm³/mol. The number of carbonyl (C=O) groups is 2. The molecule has 0 atom stereocenters. The summed E-state index contributed by atoms with van der Waals surface area (Å²) in [5.74, 6) is -0.425. The van der Waals surface area contributed by atoms with Gasteiger partial charge < -0.3 is 4.90 Å². The van der Waals surface area contributed by atoms with Crippen LogP contribution in [0.1, 0.15) is 13.8 Å². The molecule has 84 valence electrons. The molecule has 0 aromatic heterocycles. The number of benzene rings is 1. The fourth-order valence-electron chi connectivity index (χ4n) is 1.36. The van der Waals surface area contributed by atoms with Crippen molar-refractivity contribution in [3.8, 4) is 0 Å². The highest BCUT2D eigenvalue weighted by molar-refractivity contribution is 6.18. The minimum Gasteiger partial charge on any atom is -0.350 e. The largest absolute Gasteiger partial charge is 0.350 e. The number of hydrogen-bond acceptors (Lipinski definition) is 3. The first-order valence-corrected chi connectivity index (χ1v) is 5.04. The SMILES string of the molecule is CC(=O)C(=CN(C)c1ccccc1)C(C)=O. The number of anilines is 1. The number of nitrogens with zero attached hydrogens (tertiary/aromatic N) is 1. The molecule has 0 aliphatic rings. The van der Waals surface area contributed by atoms with Gasteiger partial charge in [-0.25, -0.2) is 0 Å². The second-order valence-corrected chi connectivity index (χ2v) is 3.60. The molecule has 0 N–H and O–H groups in total. The molecule has 1 aromatic rings. The average molecular weight is 217 g/mol. The van der Waals surface area contributed by atoms with Gasteiger partial charge in [-0.1, -0.05) is 18.2 Å². The van der Waals surface area contributed by atoms with Crippen molar-refractivity contribution in [1.82, 2.24) is 0 Å². The number of carbonyl (C=O) groups excluding carboxylic acids is 2. The average Bonchev–Trinajstić information content (AvgIpc) is 2.25. The summed E-state index contributed by atoms with van der Waals surface area (Å²) in [7, 11) is 1.81. The number of Topliss-reactive ketones (excluding diaryl/α,β-unsaturated/α-hetero) is 2. The van der Waals surface area contributed by atoms with E-state index in [9.17, 15) is 9.59 Å². The van der Waals surface area contributed by atoms with Crippen molar-refractivity contribution in [3.05, 3.63) is 42.1 Å². The van der Waals surface area contributed by atoms with E-state index in [1.54, 1.807) is 18.1 Å². The van der Waals surface area contributed by atoms with Crippen LogP contribution in [-0.4, -0.2) is 18.6 Å². The highest BCUT2D eigenvalue weighted by atomic mass is 16.1. The van der Waals surface area contributed by atoms with Crippen LogP contribution in [-0.2, 0) is 9.59 Å². The molecular formula is C13H15NO2. The van der Waals surface area contributed by atoms with Gasteiger partial charge >= 0.3 is 0 Å². The Morgan fingerprint density at radius 1 is 1.06 bits per heavy atom. The lowest BCUT2D eigenvalue weighted by Crippen LogP contribution is -2.15. The third-order valence-corrected chi connectivity index (χ3v) is 2.24. The second-order valence-electron chi connectivity index (χ2n) is 3.60. The molecule has 0 unspecified atom stereocenters. The Morgan fingerprint density at radius 2 is 1.56 bits per heavy atom. The smallest absolute Gasteiger partial charge is 0.164 e. The maximum Gasteiger partial charge on any atom is 0.164 e. The van der Waals surface area contributed by atoms with E-state index < -0.39 is 0 Å². The van der Waals surface area contributed by atoms with Gasteiger partial charge in [0.1, 0.15) is 0 Å². The van der Waals surface area contributed by atoms with Gasteiger partial charge in [-0.3, -0.25) is 9.59 Å². The first-order chi connectivity index (χ1) is 7.52. The van der Waals surface area contributed by atoms with Gasteiger partial charge in [0, 0.05) is 18.9 Å². The predicted octanol–water partition coefficient (Wildman–Crippen LogP) is 2.18. The Balaban J connectivity index is 2.98. The molecule has 0 spiro atoms. The standard InChI is InChI=1S/C13H15NO2/c1-10(15)13(11(2)16)9-14(3)12-7-5-4-6-8-12/h4-9H,1-3H3. The van der Waals surface area contributed by atoms with Crippen LogP contribution in [0.25, 0.3) is 0 Å². The lowest BCUT2D eigenvalue weighted by molar-refractivity contribution is -0.119. The maximum absolute atomic E-state index is 11.2. The molecule has 0 aliphatic carbocycles. The molecule has 0 saturated heterocycles. The van der Waals surface area contributed by atoms with Crippen LogP contribution < -0.4 is 4.90 Å². The van der Waals surface area contributed by atoms with Gasteiger partial charge in [0.15, 0.2) is 11.6 Å². The third-order valence-electron chi connectivity index (χ3n) is 2.24. The van der Waals surface area contributed by atoms with Gasteiger partial charge in [0.25, 0.3) is 0 Å². The van der Waals surface area contributed by atoms with Crippen LogP contribution in [0.3, 0.4) is 0 Å². The highest BCUT2D eigenvalue weighted by Crippen LogP contribution is 2.13. The zero-order valence-corrected chi connectivity index (χ0v) is 9.73. The third kappa shape index (κ3) is 3.05. The van der Waals surface area contributed by atoms with Crippen molar-refractivity contribution in [2.45, 2.75) is 13.8 Å². The molecule has 0 aliphatic heterocycles. The zero-order chi connectivity index (χ0) is 12.1. The number of allylic oxidation sites excluding steroid dienone is 1. The van der Waals surface area contributed by atoms with E-state index >= 15 is 0 Å². The Hall–Kier alpha value is -1.90. The fourth-order valence-corrected chi connectivity index (χ4v) is 1.36. The normalized spacial score (nSPS) is 9.44. The summed E-state index contributed by atoms with van der Waals surface area (Å²) in [6, 6.07) is 9.54. The Bertz CT molecular complexity index is 405. The summed E-state index contributed by atoms with van der Waals surface area (Å²) < 4.78 is 0. The molecule has 0 heterocycles. The molecule has 16 heavy (non-hydrogen) atoms. The molecular weight excluding hydrogens is 202 g/mol. The monoisotopic (exact) mass is 217 g/mol. The van der Waals surface area contributed by atoms with Crippen LogP contribution in [0.4, 0.5) is 5.69 Å². The minimum absolute atomic E-state index is 0.213. The first-order valence-electron chi connectivity index (χ1n) is 5.04. The van der Waals surface area contributed by atoms with Crippen molar-refractivity contribution in [1.29, 1.82) is 0 Å². The summed E-state index contributed by atoms with van der Waals surface area (Å²) in [6.07, 6.45) is 1.57. The molecule has 3 heteroatoms. The van der Waals surface area contributed by atoms with Crippen LogP contribution in [0.5, 0.6) is 0 Å². The maximum atomic E-state index is 11.2. The second kappa shape index (κ2) is 5.26. The number of rotatable bonds is 4. The molecule has 0 fully saturated rings. The van der Waals surface area contributed by atoms with Crippen molar-refractivity contribution in [2.75, 3.05) is 11.9 Å². The molecule has 0 bridgehead atoms. The van der Waals surface area contributed by atoms with Crippen LogP contribution in [0.15, 0.2) is 42.1 Å². The zero-order valence-electron chi connectivity index (χ0n) is 9.73. The fraction of sp³-hybridized carbons (Fsp3) is 0.231. The van der Waals surface area contributed by atoms with Crippen LogP contribution in [0, 0.1) is 0 Å². The van der Waals surface area contributed by atoms with Gasteiger partial charge in [-0.2, -0.15) is 0 Å². The summed E-state index contributed by atoms with van der Waals surface area (Å²) >= 11 is 0. The van der Waals surface area contributed by atoms with E-state index in [0.717, 1.165) is 5.69 Å². The Kier molecular flexibility index (Phi) is 4.00. The molecule has 0 saturated carbocycles. The summed E-state index contributed by atoms with van der Waals surface area (Å²) in [5, 5.41) is 0. The summed E-state index contributed by atoms with van der Waals surface area (Å²) in [4.78, 5) is 24.2. The lowest BCUT2D eigenvalue weighted by atomic mass is 10.1. The van der Waals surface area contributed by atoms with Crippen molar-refractivity contribution in [2.24, 2.45) is 0 Å². The number of para-hydroxylation sites is 1. The summed E-state index contributed by atoms with van der Waals surface area (Å²) in [5.41, 5.74) is 1.15. The first kappa shape index (κ1) is 12.2. The van der Waals surface area contributed by atoms with Crippen molar-refractivity contribution >= 4 is 17.3 Å². The highest BCUT2D eigenvalue weighted by Gasteiger charge is 2.10. The van der Waals surface area contributed by atoms with E-state index in [1.807, 2.05) is 30.3 Å². The van der Waals surface area contributed by atoms with Crippen molar-refractivity contribution < 1.29 is 9.59 Å². The Morgan fingerprint density at radius 3 is 2.00 bits per heavy atom. The topological polar surface area (TPSA) is 37.4 Å². The van der Waals surface area contributed by atoms with Gasteiger partial charge in [0.05, 0.1) is 5.57 Å². The van der Waals surface area contributed by atoms with E-state index in [2.05, 4.69) is 0 Å². The van der Waals surface area contributed by atoms with Crippen LogP contribution in [0.2, 0.25) is 0 Å². The van der Waals surface area contributed by atoms with E-state index in [4.69, 9.17) is 0 Å². The molecule has 1 aromatic carbocycles. The molecule has 3 nitrogen and oxygen atoms in total. The number of hydrogen-bond donors (Lipinski definition) is 0. The molecule has 1 rings (SSSR count). The molecule has 0 radical (unpaired) electrons. The minimum atomic E-state index is -0.213. The number of ketones is 2. The molecule has 0 amide bonds.